The molecule has 8 nitrogen and oxygen atoms in total. The van der Waals surface area contributed by atoms with Crippen molar-refractivity contribution in [3.8, 4) is 0 Å². The van der Waals surface area contributed by atoms with Crippen LogP contribution in [0.25, 0.3) is 0 Å². The third kappa shape index (κ3) is 7.95. The number of rotatable bonds is 8. The van der Waals surface area contributed by atoms with E-state index in [0.29, 0.717) is 30.5 Å². The van der Waals surface area contributed by atoms with Crippen molar-refractivity contribution in [1.82, 2.24) is 4.90 Å². The Morgan fingerprint density at radius 1 is 0.914 bits per heavy atom. The molecule has 1 saturated heterocycles. The number of amides is 1. The Labute approximate surface area is 205 Å². The monoisotopic (exact) mass is 481 g/mol. The van der Waals surface area contributed by atoms with Crippen LogP contribution >= 0.6 is 0 Å². The molecule has 2 aromatic carbocycles. The molecule has 35 heavy (non-hydrogen) atoms. The Hall–Kier alpha value is -3.68. The molecule has 1 aliphatic heterocycles. The first kappa shape index (κ1) is 25.9. The highest BCUT2D eigenvalue weighted by molar-refractivity contribution is 5.97. The van der Waals surface area contributed by atoms with E-state index < -0.39 is 29.7 Å². The van der Waals surface area contributed by atoms with Gasteiger partial charge in [0.05, 0.1) is 6.42 Å². The molecule has 2 aromatic rings. The van der Waals surface area contributed by atoms with Crippen molar-refractivity contribution in [3.05, 3.63) is 71.3 Å². The summed E-state index contributed by atoms with van der Waals surface area (Å²) in [6.07, 6.45) is 0.750. The maximum atomic E-state index is 12.6. The minimum atomic E-state index is -0.655. The Kier molecular flexibility index (Phi) is 8.63. The predicted octanol–water partition coefficient (Wildman–Crippen LogP) is 4.10. The molecule has 1 aliphatic rings. The molecule has 3 rings (SSSR count). The van der Waals surface area contributed by atoms with Crippen LogP contribution in [0.5, 0.6) is 0 Å². The summed E-state index contributed by atoms with van der Waals surface area (Å²) in [5, 5.41) is 0. The molecule has 0 bridgehead atoms. The Balaban J connectivity index is 1.44. The number of benzene rings is 2. The molecule has 0 N–H and O–H groups in total. The van der Waals surface area contributed by atoms with E-state index >= 15 is 0 Å². The number of hydrogen-bond donors (Lipinski definition) is 0. The van der Waals surface area contributed by atoms with Crippen molar-refractivity contribution in [2.24, 2.45) is 0 Å². The third-order valence-electron chi connectivity index (χ3n) is 5.37. The number of ether oxygens (including phenoxy) is 3. The molecule has 1 fully saturated rings. The van der Waals surface area contributed by atoms with Crippen LogP contribution in [0.15, 0.2) is 54.6 Å². The summed E-state index contributed by atoms with van der Waals surface area (Å²) < 4.78 is 15.9. The fraction of sp³-hybridized carbons (Fsp3) is 0.407. The molecule has 0 radical (unpaired) electrons. The fourth-order valence-corrected chi connectivity index (χ4v) is 3.63. The van der Waals surface area contributed by atoms with Gasteiger partial charge in [0.15, 0.2) is 12.4 Å². The van der Waals surface area contributed by atoms with Crippen molar-refractivity contribution in [1.29, 1.82) is 0 Å². The normalized spacial score (nSPS) is 15.4. The third-order valence-corrected chi connectivity index (χ3v) is 5.37. The van der Waals surface area contributed by atoms with E-state index in [-0.39, 0.29) is 25.4 Å². The molecule has 1 amide bonds. The Bertz CT molecular complexity index is 1040. The highest BCUT2D eigenvalue weighted by atomic mass is 16.6. The van der Waals surface area contributed by atoms with Gasteiger partial charge in [-0.05, 0) is 44.7 Å². The van der Waals surface area contributed by atoms with Crippen LogP contribution in [0.3, 0.4) is 0 Å². The topological polar surface area (TPSA) is 99.2 Å². The molecule has 8 heteroatoms. The van der Waals surface area contributed by atoms with Gasteiger partial charge in [-0.3, -0.25) is 14.5 Å². The number of Topliss-reactive ketones (excluding diaryl/α,β-unsaturated/α-hetero) is 1. The average Bonchev–Trinajstić information content (AvgIpc) is 3.32. The van der Waals surface area contributed by atoms with E-state index in [1.807, 2.05) is 0 Å². The van der Waals surface area contributed by atoms with Gasteiger partial charge in [0.25, 0.3) is 0 Å². The summed E-state index contributed by atoms with van der Waals surface area (Å²) in [5.41, 5.74) is 1.31. The van der Waals surface area contributed by atoms with Gasteiger partial charge in [-0.25, -0.2) is 9.59 Å². The van der Waals surface area contributed by atoms with Crippen LogP contribution in [-0.2, 0) is 36.8 Å². The number of carbonyl (C=O) groups excluding carboxylic acids is 4. The van der Waals surface area contributed by atoms with Gasteiger partial charge in [-0.2, -0.15) is 0 Å². The lowest BCUT2D eigenvalue weighted by Gasteiger charge is -2.27. The highest BCUT2D eigenvalue weighted by Gasteiger charge is 2.37. The quantitative estimate of drug-likeness (QED) is 0.318. The van der Waals surface area contributed by atoms with Crippen LogP contribution in [0.2, 0.25) is 0 Å². The maximum absolute atomic E-state index is 12.6. The minimum Gasteiger partial charge on any atom is -0.459 e. The van der Waals surface area contributed by atoms with Gasteiger partial charge in [0.1, 0.15) is 18.2 Å². The van der Waals surface area contributed by atoms with Crippen molar-refractivity contribution in [2.75, 3.05) is 13.2 Å². The standard InChI is InChI=1S/C27H31NO7/c1-27(2,3)35-26(32)28-15-7-10-22(28)25(31)34-17-20-13-11-19(12-14-20)16-24(30)33-18-23(29)21-8-5-4-6-9-21/h4-6,8-9,11-14,22H,7,10,15-18H2,1-3H3/t22-/m0/s1. The van der Waals surface area contributed by atoms with E-state index in [4.69, 9.17) is 14.2 Å². The van der Waals surface area contributed by atoms with Crippen molar-refractivity contribution in [2.45, 2.75) is 58.3 Å². The number of ketones is 1. The zero-order valence-corrected chi connectivity index (χ0v) is 20.3. The molecule has 0 spiro atoms. The second-order valence-electron chi connectivity index (χ2n) is 9.38. The second-order valence-corrected chi connectivity index (χ2v) is 9.38. The van der Waals surface area contributed by atoms with Crippen LogP contribution in [0.4, 0.5) is 4.79 Å². The lowest BCUT2D eigenvalue weighted by molar-refractivity contribution is -0.150. The highest BCUT2D eigenvalue weighted by Crippen LogP contribution is 2.22. The Morgan fingerprint density at radius 2 is 1.57 bits per heavy atom. The van der Waals surface area contributed by atoms with E-state index in [1.165, 1.54) is 4.90 Å². The molecular weight excluding hydrogens is 450 g/mol. The van der Waals surface area contributed by atoms with Crippen LogP contribution in [0.1, 0.15) is 55.1 Å². The Morgan fingerprint density at radius 3 is 2.23 bits per heavy atom. The number of nitrogens with zero attached hydrogens (tertiary/aromatic N) is 1. The number of esters is 2. The first-order valence-corrected chi connectivity index (χ1v) is 11.6. The largest absolute Gasteiger partial charge is 0.459 e. The molecule has 0 saturated carbocycles. The average molecular weight is 482 g/mol. The zero-order valence-electron chi connectivity index (χ0n) is 20.3. The van der Waals surface area contributed by atoms with E-state index in [2.05, 4.69) is 0 Å². The number of carbonyl (C=O) groups is 4. The number of likely N-dealkylation sites (tertiary alicyclic amines) is 1. The molecule has 0 unspecified atom stereocenters. The molecule has 0 aromatic heterocycles. The first-order valence-electron chi connectivity index (χ1n) is 11.6. The summed E-state index contributed by atoms with van der Waals surface area (Å²) >= 11 is 0. The number of hydrogen-bond acceptors (Lipinski definition) is 7. The SMILES string of the molecule is CC(C)(C)OC(=O)N1CCC[C@H]1C(=O)OCc1ccc(CC(=O)OCC(=O)c2ccccc2)cc1. The van der Waals surface area contributed by atoms with Crippen molar-refractivity contribution < 1.29 is 33.4 Å². The summed E-state index contributed by atoms with van der Waals surface area (Å²) in [6.45, 7) is 5.54. The second kappa shape index (κ2) is 11.6. The lowest BCUT2D eigenvalue weighted by Crippen LogP contribution is -2.44. The predicted molar refractivity (Wildman–Crippen MR) is 128 cm³/mol. The van der Waals surface area contributed by atoms with E-state index in [9.17, 15) is 19.2 Å². The smallest absolute Gasteiger partial charge is 0.411 e. The fourth-order valence-electron chi connectivity index (χ4n) is 3.63. The minimum absolute atomic E-state index is 0.0229. The van der Waals surface area contributed by atoms with Gasteiger partial charge in [0.2, 0.25) is 0 Å². The van der Waals surface area contributed by atoms with Crippen molar-refractivity contribution >= 4 is 23.8 Å². The summed E-state index contributed by atoms with van der Waals surface area (Å²) in [6, 6.07) is 15.0. The van der Waals surface area contributed by atoms with Gasteiger partial charge in [-0.1, -0.05) is 54.6 Å². The molecule has 0 aliphatic carbocycles. The van der Waals surface area contributed by atoms with Crippen LogP contribution < -0.4 is 0 Å². The molecule has 186 valence electrons. The summed E-state index contributed by atoms with van der Waals surface area (Å²) in [5.74, 6) is -1.23. The van der Waals surface area contributed by atoms with Crippen molar-refractivity contribution in [3.63, 3.8) is 0 Å². The zero-order chi connectivity index (χ0) is 25.4. The first-order chi connectivity index (χ1) is 16.6. The van der Waals surface area contributed by atoms with E-state index in [1.54, 1.807) is 75.4 Å². The van der Waals surface area contributed by atoms with Gasteiger partial charge < -0.3 is 14.2 Å². The van der Waals surface area contributed by atoms with Crippen LogP contribution in [-0.4, -0.2) is 53.5 Å². The summed E-state index contributed by atoms with van der Waals surface area (Å²) in [4.78, 5) is 50.5. The summed E-state index contributed by atoms with van der Waals surface area (Å²) in [7, 11) is 0. The van der Waals surface area contributed by atoms with Gasteiger partial charge >= 0.3 is 18.0 Å². The maximum Gasteiger partial charge on any atom is 0.411 e. The molecular formula is C27H31NO7. The molecule has 1 heterocycles. The molecule has 1 atom stereocenters. The van der Waals surface area contributed by atoms with E-state index in [0.717, 1.165) is 5.56 Å². The van der Waals surface area contributed by atoms with Crippen LogP contribution in [0, 0.1) is 0 Å². The van der Waals surface area contributed by atoms with Gasteiger partial charge in [0, 0.05) is 12.1 Å². The van der Waals surface area contributed by atoms with Gasteiger partial charge in [-0.15, -0.1) is 0 Å². The lowest BCUT2D eigenvalue weighted by atomic mass is 10.1.